The number of carbonyl (C=O) groups excluding carboxylic acids is 1. The van der Waals surface area contributed by atoms with Gasteiger partial charge in [-0.15, -0.1) is 0 Å². The van der Waals surface area contributed by atoms with Crippen molar-refractivity contribution in [3.63, 3.8) is 0 Å². The molecule has 1 N–H and O–H groups in total. The number of hydrogen-bond donors (Lipinski definition) is 1. The van der Waals surface area contributed by atoms with Crippen LogP contribution in [0.25, 0.3) is 11.3 Å². The summed E-state index contributed by atoms with van der Waals surface area (Å²) < 4.78 is 58.0. The lowest BCUT2D eigenvalue weighted by Crippen LogP contribution is -2.14. The predicted molar refractivity (Wildman–Crippen MR) is 112 cm³/mol. The van der Waals surface area contributed by atoms with Crippen molar-refractivity contribution in [1.82, 2.24) is 9.97 Å². The molecule has 1 amide bonds. The molecule has 1 aromatic heterocycles. The lowest BCUT2D eigenvalue weighted by molar-refractivity contribution is -0.113. The second-order valence-corrected chi connectivity index (χ2v) is 7.34. The molecule has 0 atom stereocenters. The second kappa shape index (κ2) is 11.0. The molecule has 0 saturated heterocycles. The van der Waals surface area contributed by atoms with Gasteiger partial charge in [0.2, 0.25) is 5.91 Å². The summed E-state index contributed by atoms with van der Waals surface area (Å²) in [4.78, 5) is 20.6. The first-order valence-electron chi connectivity index (χ1n) is 8.85. The number of nitrogens with one attached hydrogen (secondary N) is 1. The van der Waals surface area contributed by atoms with Gasteiger partial charge in [-0.25, -0.2) is 9.97 Å². The van der Waals surface area contributed by atoms with Crippen LogP contribution in [0.5, 0.6) is 11.5 Å². The van der Waals surface area contributed by atoms with Crippen LogP contribution in [0.2, 0.25) is 5.02 Å². The summed E-state index contributed by atoms with van der Waals surface area (Å²) in [6.07, 6.45) is 1.48. The number of aromatic nitrogens is 2. The van der Waals surface area contributed by atoms with Crippen molar-refractivity contribution in [3.8, 4) is 22.8 Å². The molecule has 0 radical (unpaired) electrons. The number of ether oxygens (including phenoxy) is 2. The van der Waals surface area contributed by atoms with Crippen molar-refractivity contribution < 1.29 is 31.8 Å². The smallest absolute Gasteiger partial charge is 0.387 e. The Bertz CT molecular complexity index is 1090. The van der Waals surface area contributed by atoms with Crippen LogP contribution in [0, 0.1) is 0 Å². The standard InChI is InChI=1S/C20H14ClF4N3O3S/c21-14-9-12(4-5-16(14)31-19(24)25)27-17(29)10-32-20-26-7-6-15(28-20)11-2-1-3-13(8-11)30-18(22)23/h1-9,18-19H,10H2,(H,27,29). The minimum Gasteiger partial charge on any atom is -0.435 e. The maximum absolute atomic E-state index is 12.4. The molecule has 3 aromatic rings. The molecule has 6 nitrogen and oxygen atoms in total. The highest BCUT2D eigenvalue weighted by Crippen LogP contribution is 2.29. The van der Waals surface area contributed by atoms with Gasteiger partial charge in [0.05, 0.1) is 16.5 Å². The number of carbonyl (C=O) groups is 1. The highest BCUT2D eigenvalue weighted by Gasteiger charge is 2.12. The topological polar surface area (TPSA) is 73.3 Å². The second-order valence-electron chi connectivity index (χ2n) is 5.99. The van der Waals surface area contributed by atoms with E-state index in [1.807, 2.05) is 0 Å². The molecule has 168 valence electrons. The van der Waals surface area contributed by atoms with Crippen LogP contribution in [-0.2, 0) is 4.79 Å². The third kappa shape index (κ3) is 6.99. The van der Waals surface area contributed by atoms with E-state index in [0.717, 1.165) is 11.8 Å². The first kappa shape index (κ1) is 23.6. The highest BCUT2D eigenvalue weighted by molar-refractivity contribution is 7.99. The Morgan fingerprint density at radius 3 is 2.56 bits per heavy atom. The zero-order valence-corrected chi connectivity index (χ0v) is 17.5. The van der Waals surface area contributed by atoms with Gasteiger partial charge in [0.1, 0.15) is 11.5 Å². The monoisotopic (exact) mass is 487 g/mol. The number of halogens is 5. The van der Waals surface area contributed by atoms with Crippen molar-refractivity contribution in [2.45, 2.75) is 18.4 Å². The number of hydrogen-bond acceptors (Lipinski definition) is 6. The van der Waals surface area contributed by atoms with Crippen molar-refractivity contribution in [3.05, 3.63) is 59.8 Å². The molecule has 0 bridgehead atoms. The number of anilines is 1. The number of rotatable bonds is 9. The molecule has 12 heteroatoms. The minimum absolute atomic E-state index is 0.00618. The Labute approximate surface area is 188 Å². The van der Waals surface area contributed by atoms with E-state index in [0.29, 0.717) is 16.9 Å². The van der Waals surface area contributed by atoms with Crippen LogP contribution < -0.4 is 14.8 Å². The molecule has 0 fully saturated rings. The van der Waals surface area contributed by atoms with Gasteiger partial charge < -0.3 is 14.8 Å². The zero-order chi connectivity index (χ0) is 23.1. The third-order valence-corrected chi connectivity index (χ3v) is 4.91. The lowest BCUT2D eigenvalue weighted by Gasteiger charge is -2.09. The van der Waals surface area contributed by atoms with Gasteiger partial charge in [0, 0.05) is 17.4 Å². The largest absolute Gasteiger partial charge is 0.435 e. The number of benzene rings is 2. The molecule has 0 saturated carbocycles. The summed E-state index contributed by atoms with van der Waals surface area (Å²) >= 11 is 6.90. The van der Waals surface area contributed by atoms with Crippen LogP contribution in [0.1, 0.15) is 0 Å². The maximum atomic E-state index is 12.4. The van der Waals surface area contributed by atoms with Gasteiger partial charge in [-0.05, 0) is 36.4 Å². The Morgan fingerprint density at radius 2 is 1.84 bits per heavy atom. The predicted octanol–water partition coefficient (Wildman–Crippen LogP) is 5.73. The fraction of sp³-hybridized carbons (Fsp3) is 0.150. The summed E-state index contributed by atoms with van der Waals surface area (Å²) in [5.74, 6) is -0.671. The van der Waals surface area contributed by atoms with Crippen LogP contribution >= 0.6 is 23.4 Å². The number of alkyl halides is 4. The molecule has 0 spiro atoms. The number of amides is 1. The van der Waals surface area contributed by atoms with E-state index >= 15 is 0 Å². The molecule has 0 unspecified atom stereocenters. The fourth-order valence-electron chi connectivity index (χ4n) is 2.50. The van der Waals surface area contributed by atoms with E-state index in [4.69, 9.17) is 11.6 Å². The molecule has 1 heterocycles. The molecular weight excluding hydrogens is 474 g/mol. The molecule has 32 heavy (non-hydrogen) atoms. The van der Waals surface area contributed by atoms with E-state index in [9.17, 15) is 22.4 Å². The summed E-state index contributed by atoms with van der Waals surface area (Å²) in [6, 6.07) is 11.5. The SMILES string of the molecule is O=C(CSc1nccc(-c2cccc(OC(F)F)c2)n1)Nc1ccc(OC(F)F)c(Cl)c1. The van der Waals surface area contributed by atoms with Crippen molar-refractivity contribution in [2.75, 3.05) is 11.1 Å². The van der Waals surface area contributed by atoms with E-state index in [1.165, 1.54) is 36.5 Å². The summed E-state index contributed by atoms with van der Waals surface area (Å²) in [5.41, 5.74) is 1.30. The Balaban J connectivity index is 1.60. The van der Waals surface area contributed by atoms with E-state index in [-0.39, 0.29) is 27.4 Å². The van der Waals surface area contributed by atoms with Crippen molar-refractivity contribution >= 4 is 35.0 Å². The van der Waals surface area contributed by atoms with E-state index in [1.54, 1.807) is 18.2 Å². The van der Waals surface area contributed by atoms with Gasteiger partial charge in [0.25, 0.3) is 0 Å². The van der Waals surface area contributed by atoms with Gasteiger partial charge in [-0.2, -0.15) is 17.6 Å². The average Bonchev–Trinajstić information content (AvgIpc) is 2.74. The highest BCUT2D eigenvalue weighted by atomic mass is 35.5. The van der Waals surface area contributed by atoms with Crippen LogP contribution in [0.15, 0.2) is 59.9 Å². The normalized spacial score (nSPS) is 11.0. The van der Waals surface area contributed by atoms with Gasteiger partial charge in [-0.3, -0.25) is 4.79 Å². The summed E-state index contributed by atoms with van der Waals surface area (Å²) in [6.45, 7) is -5.96. The summed E-state index contributed by atoms with van der Waals surface area (Å²) in [7, 11) is 0. The van der Waals surface area contributed by atoms with Gasteiger partial charge >= 0.3 is 13.2 Å². The van der Waals surface area contributed by atoms with Gasteiger partial charge in [0.15, 0.2) is 5.16 Å². The molecule has 2 aromatic carbocycles. The first-order chi connectivity index (χ1) is 15.3. The van der Waals surface area contributed by atoms with Crippen molar-refractivity contribution in [1.29, 1.82) is 0 Å². The number of thioether (sulfide) groups is 1. The minimum atomic E-state index is -3.01. The quantitative estimate of drug-likeness (QED) is 0.236. The lowest BCUT2D eigenvalue weighted by atomic mass is 10.1. The Morgan fingerprint density at radius 1 is 1.06 bits per heavy atom. The molecule has 0 aliphatic rings. The van der Waals surface area contributed by atoms with Gasteiger partial charge in [-0.1, -0.05) is 35.5 Å². The van der Waals surface area contributed by atoms with Crippen molar-refractivity contribution in [2.24, 2.45) is 0 Å². The Kier molecular flexibility index (Phi) is 8.12. The first-order valence-corrected chi connectivity index (χ1v) is 10.2. The molecule has 0 aliphatic carbocycles. The Hall–Kier alpha value is -3.05. The zero-order valence-electron chi connectivity index (χ0n) is 16.0. The van der Waals surface area contributed by atoms with Crippen LogP contribution in [0.3, 0.4) is 0 Å². The van der Waals surface area contributed by atoms with Crippen LogP contribution in [-0.4, -0.2) is 34.9 Å². The van der Waals surface area contributed by atoms with Crippen LogP contribution in [0.4, 0.5) is 23.2 Å². The average molecular weight is 488 g/mol. The fourth-order valence-corrected chi connectivity index (χ4v) is 3.36. The van der Waals surface area contributed by atoms with E-state index in [2.05, 4.69) is 24.8 Å². The van der Waals surface area contributed by atoms with E-state index < -0.39 is 19.1 Å². The molecule has 0 aliphatic heterocycles. The summed E-state index contributed by atoms with van der Waals surface area (Å²) in [5, 5.41) is 2.78. The maximum Gasteiger partial charge on any atom is 0.387 e. The number of nitrogens with zero attached hydrogens (tertiary/aromatic N) is 2. The molecule has 3 rings (SSSR count). The third-order valence-electron chi connectivity index (χ3n) is 3.75. The molecular formula is C20H14ClF4N3O3S.